The first kappa shape index (κ1) is 34.8. The van der Waals surface area contributed by atoms with E-state index < -0.39 is 67.5 Å². The number of hydrogen-bond acceptors (Lipinski definition) is 9. The van der Waals surface area contributed by atoms with E-state index in [1.807, 2.05) is 60.7 Å². The summed E-state index contributed by atoms with van der Waals surface area (Å²) < 4.78 is 10.2. The Morgan fingerprint density at radius 3 is 1.52 bits per heavy atom. The summed E-state index contributed by atoms with van der Waals surface area (Å²) in [6, 6.07) is 36.6. The van der Waals surface area contributed by atoms with Crippen LogP contribution in [0.5, 0.6) is 0 Å². The number of ether oxygens (including phenoxy) is 2. The third-order valence-corrected chi connectivity index (χ3v) is 8.26. The van der Waals surface area contributed by atoms with Crippen LogP contribution in [0.4, 0.5) is 0 Å². The first-order chi connectivity index (χ1) is 25.2. The molecule has 1 aliphatic rings. The number of Topliss-reactive ketones (excluding diaryl/α,β-unsaturated/α-hetero) is 2. The van der Waals surface area contributed by atoms with Gasteiger partial charge in [0.05, 0.1) is 16.7 Å². The molecule has 6 rings (SSSR count). The zero-order chi connectivity index (χ0) is 36.6. The molecule has 0 aromatic heterocycles. The number of nitrogens with one attached hydrogen (secondary N) is 1. The molecule has 0 unspecified atom stereocenters. The Balaban J connectivity index is 0.954. The van der Waals surface area contributed by atoms with Crippen molar-refractivity contribution in [2.24, 2.45) is 0 Å². The van der Waals surface area contributed by atoms with Crippen molar-refractivity contribution in [3.05, 3.63) is 155 Å². The zero-order valence-corrected chi connectivity index (χ0v) is 27.6. The van der Waals surface area contributed by atoms with E-state index in [9.17, 15) is 33.6 Å². The number of rotatable bonds is 13. The molecule has 0 saturated carbocycles. The van der Waals surface area contributed by atoms with Crippen LogP contribution in [0.15, 0.2) is 127 Å². The molecular weight excluding hydrogens is 664 g/mol. The molecule has 52 heavy (non-hydrogen) atoms. The third-order valence-electron chi connectivity index (χ3n) is 8.26. The van der Waals surface area contributed by atoms with Gasteiger partial charge >= 0.3 is 11.9 Å². The van der Waals surface area contributed by atoms with Gasteiger partial charge in [0.25, 0.3) is 11.8 Å². The minimum Gasteiger partial charge on any atom is -0.456 e. The molecule has 0 atom stereocenters. The van der Waals surface area contributed by atoms with E-state index >= 15 is 0 Å². The van der Waals surface area contributed by atoms with Gasteiger partial charge in [-0.25, -0.2) is 4.79 Å². The van der Waals surface area contributed by atoms with E-state index in [4.69, 9.17) is 9.47 Å². The lowest BCUT2D eigenvalue weighted by Gasteiger charge is -2.13. The molecule has 1 aliphatic heterocycles. The fourth-order valence-electron chi connectivity index (χ4n) is 5.47. The molecule has 3 amide bonds. The van der Waals surface area contributed by atoms with Crippen LogP contribution in [0.25, 0.3) is 22.3 Å². The van der Waals surface area contributed by atoms with Crippen LogP contribution in [0.3, 0.4) is 0 Å². The van der Waals surface area contributed by atoms with Crippen LogP contribution >= 0.6 is 0 Å². The average Bonchev–Trinajstić information content (AvgIpc) is 3.42. The highest BCUT2D eigenvalue weighted by Crippen LogP contribution is 2.25. The molecule has 5 aromatic carbocycles. The number of esters is 2. The smallest absolute Gasteiger partial charge is 0.338 e. The number of nitrogens with zero attached hydrogens (tertiary/aromatic N) is 1. The molecule has 0 aliphatic carbocycles. The van der Waals surface area contributed by atoms with Crippen molar-refractivity contribution in [1.82, 2.24) is 10.2 Å². The lowest BCUT2D eigenvalue weighted by Crippen LogP contribution is -2.42. The standard InChI is InChI=1S/C41H30N2O9/c44-35(30-15-11-28(12-16-30)26-7-3-1-4-8-26)24-51-38(47)22-42-37(46)23-43-39(48)33-20-19-32(21-34(33)40(43)49)41(50)52-25-36(45)31-17-13-29(14-18-31)27-9-5-2-6-10-27/h1-21H,22-25H2,(H,42,46). The number of carbonyl (C=O) groups is 7. The summed E-state index contributed by atoms with van der Waals surface area (Å²) in [4.78, 5) is 89.3. The van der Waals surface area contributed by atoms with Crippen LogP contribution in [-0.2, 0) is 19.1 Å². The zero-order valence-electron chi connectivity index (χ0n) is 27.6. The molecular formula is C41H30N2O9. The summed E-state index contributed by atoms with van der Waals surface area (Å²) >= 11 is 0. The minimum atomic E-state index is -0.893. The van der Waals surface area contributed by atoms with Gasteiger partial charge < -0.3 is 14.8 Å². The van der Waals surface area contributed by atoms with Gasteiger partial charge in [-0.1, -0.05) is 109 Å². The minimum absolute atomic E-state index is 0.0290. The van der Waals surface area contributed by atoms with Crippen LogP contribution in [0, 0.1) is 0 Å². The van der Waals surface area contributed by atoms with Gasteiger partial charge in [0.1, 0.15) is 13.1 Å². The Bertz CT molecular complexity index is 2180. The second kappa shape index (κ2) is 15.7. The van der Waals surface area contributed by atoms with Crippen molar-refractivity contribution in [2.75, 3.05) is 26.3 Å². The van der Waals surface area contributed by atoms with Crippen molar-refractivity contribution in [3.8, 4) is 22.3 Å². The summed E-state index contributed by atoms with van der Waals surface area (Å²) in [5.74, 6) is -5.06. The second-order valence-corrected chi connectivity index (χ2v) is 11.7. The summed E-state index contributed by atoms with van der Waals surface area (Å²) in [5, 5.41) is 2.27. The van der Waals surface area contributed by atoms with Gasteiger partial charge in [0, 0.05) is 11.1 Å². The highest BCUT2D eigenvalue weighted by molar-refractivity contribution is 6.23. The quantitative estimate of drug-likeness (QED) is 0.0996. The van der Waals surface area contributed by atoms with Crippen LogP contribution in [0.2, 0.25) is 0 Å². The normalized spacial score (nSPS) is 11.8. The number of carbonyl (C=O) groups excluding carboxylic acids is 7. The van der Waals surface area contributed by atoms with Crippen LogP contribution < -0.4 is 5.32 Å². The van der Waals surface area contributed by atoms with E-state index in [1.54, 1.807) is 48.5 Å². The Hall–Kier alpha value is -7.01. The lowest BCUT2D eigenvalue weighted by molar-refractivity contribution is -0.142. The first-order valence-electron chi connectivity index (χ1n) is 16.1. The average molecular weight is 695 g/mol. The molecule has 0 radical (unpaired) electrons. The summed E-state index contributed by atoms with van der Waals surface area (Å²) in [7, 11) is 0. The molecule has 1 heterocycles. The van der Waals surface area contributed by atoms with Gasteiger partial charge in [-0.2, -0.15) is 0 Å². The van der Waals surface area contributed by atoms with E-state index in [-0.39, 0.29) is 16.7 Å². The fraction of sp³-hybridized carbons (Fsp3) is 0.0976. The number of amides is 3. The van der Waals surface area contributed by atoms with Crippen molar-refractivity contribution >= 4 is 41.2 Å². The van der Waals surface area contributed by atoms with E-state index in [0.29, 0.717) is 16.0 Å². The topological polar surface area (TPSA) is 153 Å². The number of ketones is 2. The first-order valence-corrected chi connectivity index (χ1v) is 16.1. The molecule has 258 valence electrons. The van der Waals surface area contributed by atoms with Crippen LogP contribution in [-0.4, -0.2) is 72.4 Å². The number of fused-ring (bicyclic) bond motifs is 1. The molecule has 5 aromatic rings. The van der Waals surface area contributed by atoms with Gasteiger partial charge in [-0.05, 0) is 40.5 Å². The third kappa shape index (κ3) is 8.06. The second-order valence-electron chi connectivity index (χ2n) is 11.7. The summed E-state index contributed by atoms with van der Waals surface area (Å²) in [6.45, 7) is -2.39. The largest absolute Gasteiger partial charge is 0.456 e. The van der Waals surface area contributed by atoms with Crippen molar-refractivity contribution in [1.29, 1.82) is 0 Å². The van der Waals surface area contributed by atoms with Gasteiger partial charge in [0.15, 0.2) is 24.8 Å². The van der Waals surface area contributed by atoms with Gasteiger partial charge in [-0.3, -0.25) is 33.7 Å². The molecule has 0 saturated heterocycles. The van der Waals surface area contributed by atoms with E-state index in [0.717, 1.165) is 22.3 Å². The molecule has 0 bridgehead atoms. The summed E-state index contributed by atoms with van der Waals surface area (Å²) in [6.07, 6.45) is 0. The Labute approximate surface area is 297 Å². The predicted molar refractivity (Wildman–Crippen MR) is 188 cm³/mol. The molecule has 0 fully saturated rings. The highest BCUT2D eigenvalue weighted by Gasteiger charge is 2.37. The maximum atomic E-state index is 13.0. The molecule has 0 spiro atoms. The van der Waals surface area contributed by atoms with Crippen LogP contribution in [0.1, 0.15) is 51.8 Å². The lowest BCUT2D eigenvalue weighted by atomic mass is 10.0. The highest BCUT2D eigenvalue weighted by atomic mass is 16.5. The van der Waals surface area contributed by atoms with E-state index in [2.05, 4.69) is 5.32 Å². The Kier molecular flexibility index (Phi) is 10.5. The molecule has 1 N–H and O–H groups in total. The van der Waals surface area contributed by atoms with Crippen molar-refractivity contribution < 1.29 is 43.0 Å². The number of imide groups is 1. The fourth-order valence-corrected chi connectivity index (χ4v) is 5.47. The monoisotopic (exact) mass is 694 g/mol. The predicted octanol–water partition coefficient (Wildman–Crippen LogP) is 5.20. The SMILES string of the molecule is O=C(CN1C(=O)c2ccc(C(=O)OCC(=O)c3ccc(-c4ccccc4)cc3)cc2C1=O)NCC(=O)OCC(=O)c1ccc(-c2ccccc2)cc1. The van der Waals surface area contributed by atoms with Gasteiger partial charge in [-0.15, -0.1) is 0 Å². The molecule has 11 heteroatoms. The summed E-state index contributed by atoms with van der Waals surface area (Å²) in [5.41, 5.74) is 4.30. The van der Waals surface area contributed by atoms with E-state index in [1.165, 1.54) is 18.2 Å². The van der Waals surface area contributed by atoms with Gasteiger partial charge in [0.2, 0.25) is 5.91 Å². The van der Waals surface area contributed by atoms with Crippen molar-refractivity contribution in [2.45, 2.75) is 0 Å². The molecule has 11 nitrogen and oxygen atoms in total. The Morgan fingerprint density at radius 1 is 0.519 bits per heavy atom. The maximum absolute atomic E-state index is 13.0. The van der Waals surface area contributed by atoms with Crippen molar-refractivity contribution in [3.63, 3.8) is 0 Å². The number of hydrogen-bond donors (Lipinski definition) is 1. The Morgan fingerprint density at radius 2 is 0.981 bits per heavy atom. The maximum Gasteiger partial charge on any atom is 0.338 e. The number of benzene rings is 5.